The molecule has 1 aromatic carbocycles. The fraction of sp³-hybridized carbons (Fsp3) is 0.750. The third-order valence-electron chi connectivity index (χ3n) is 5.08. The molecule has 1 nitrogen and oxygen atoms in total. The Kier molecular flexibility index (Phi) is 16.6. The number of ether oxygens (including phenoxy) is 1. The van der Waals surface area contributed by atoms with Crippen LogP contribution in [-0.2, 0) is 0 Å². The smallest absolute Gasteiger partial charge is 0.119 e. The summed E-state index contributed by atoms with van der Waals surface area (Å²) < 4.78 is 7.04. The summed E-state index contributed by atoms with van der Waals surface area (Å²) >= 11 is 2.32. The van der Waals surface area contributed by atoms with E-state index in [9.17, 15) is 0 Å². The van der Waals surface area contributed by atoms with Gasteiger partial charge in [0.25, 0.3) is 0 Å². The molecule has 0 saturated carbocycles. The van der Waals surface area contributed by atoms with E-state index < -0.39 is 0 Å². The summed E-state index contributed by atoms with van der Waals surface area (Å²) in [6.07, 6.45) is 22.6. The quantitative estimate of drug-likeness (QED) is 0.153. The van der Waals surface area contributed by atoms with Crippen molar-refractivity contribution in [3.63, 3.8) is 0 Å². The monoisotopic (exact) mass is 472 g/mol. The normalized spacial score (nSPS) is 11.0. The first kappa shape index (κ1) is 23.8. The molecule has 0 aromatic heterocycles. The van der Waals surface area contributed by atoms with E-state index in [0.717, 1.165) is 12.4 Å². The van der Waals surface area contributed by atoms with Crippen LogP contribution < -0.4 is 4.74 Å². The van der Waals surface area contributed by atoms with E-state index in [1.54, 1.807) is 0 Å². The largest absolute Gasteiger partial charge is 0.494 e. The van der Waals surface area contributed by atoms with Crippen LogP contribution in [-0.4, -0.2) is 6.61 Å². The van der Waals surface area contributed by atoms with Crippen molar-refractivity contribution < 1.29 is 4.74 Å². The summed E-state index contributed by atoms with van der Waals surface area (Å²) in [5, 5.41) is 0. The second-order valence-corrected chi connectivity index (χ2v) is 8.85. The number of rotatable bonds is 18. The first-order valence-electron chi connectivity index (χ1n) is 11.2. The summed E-state index contributed by atoms with van der Waals surface area (Å²) in [6.45, 7) is 3.15. The van der Waals surface area contributed by atoms with Crippen molar-refractivity contribution in [1.82, 2.24) is 0 Å². The summed E-state index contributed by atoms with van der Waals surface area (Å²) in [5.74, 6) is 1.01. The Morgan fingerprint density at radius 3 is 1.38 bits per heavy atom. The van der Waals surface area contributed by atoms with Crippen LogP contribution in [0.25, 0.3) is 0 Å². The average Bonchev–Trinajstić information content (AvgIpc) is 2.66. The van der Waals surface area contributed by atoms with Crippen LogP contribution in [0.3, 0.4) is 0 Å². The fourth-order valence-electron chi connectivity index (χ4n) is 3.37. The maximum absolute atomic E-state index is 5.78. The number of halogens is 1. The van der Waals surface area contributed by atoms with E-state index in [0.29, 0.717) is 0 Å². The average molecular weight is 472 g/mol. The predicted molar refractivity (Wildman–Crippen MR) is 124 cm³/mol. The molecule has 0 spiro atoms. The lowest BCUT2D eigenvalue weighted by atomic mass is 10.0. The van der Waals surface area contributed by atoms with Crippen molar-refractivity contribution in [2.24, 2.45) is 0 Å². The van der Waals surface area contributed by atoms with Gasteiger partial charge in [-0.2, -0.15) is 0 Å². The molecule has 1 aromatic rings. The van der Waals surface area contributed by atoms with Crippen molar-refractivity contribution in [2.45, 2.75) is 110 Å². The van der Waals surface area contributed by atoms with Gasteiger partial charge in [-0.3, -0.25) is 0 Å². The minimum atomic E-state index is 0.860. The Morgan fingerprint density at radius 1 is 0.577 bits per heavy atom. The van der Waals surface area contributed by atoms with Gasteiger partial charge >= 0.3 is 0 Å². The molecule has 2 heteroatoms. The zero-order valence-corrected chi connectivity index (χ0v) is 19.3. The highest BCUT2D eigenvalue weighted by Gasteiger charge is 1.96. The van der Waals surface area contributed by atoms with Gasteiger partial charge in [-0.15, -0.1) is 0 Å². The first-order valence-corrected chi connectivity index (χ1v) is 12.3. The maximum Gasteiger partial charge on any atom is 0.119 e. The van der Waals surface area contributed by atoms with Crippen LogP contribution in [0.15, 0.2) is 24.3 Å². The van der Waals surface area contributed by atoms with Gasteiger partial charge in [0.2, 0.25) is 0 Å². The molecule has 0 aliphatic rings. The van der Waals surface area contributed by atoms with Gasteiger partial charge in [-0.1, -0.05) is 103 Å². The minimum absolute atomic E-state index is 0.860. The molecule has 0 atom stereocenters. The van der Waals surface area contributed by atoms with Gasteiger partial charge in [0, 0.05) is 3.57 Å². The molecule has 26 heavy (non-hydrogen) atoms. The molecule has 0 fully saturated rings. The zero-order valence-electron chi connectivity index (χ0n) is 17.1. The van der Waals surface area contributed by atoms with Crippen molar-refractivity contribution >= 4 is 22.6 Å². The molecule has 0 bridgehead atoms. The van der Waals surface area contributed by atoms with E-state index >= 15 is 0 Å². The van der Waals surface area contributed by atoms with Crippen molar-refractivity contribution in [2.75, 3.05) is 6.61 Å². The number of hydrogen-bond acceptors (Lipinski definition) is 1. The Bertz CT molecular complexity index is 401. The summed E-state index contributed by atoms with van der Waals surface area (Å²) in [7, 11) is 0. The summed E-state index contributed by atoms with van der Waals surface area (Å²) in [5.41, 5.74) is 0. The van der Waals surface area contributed by atoms with E-state index in [1.807, 2.05) is 0 Å². The van der Waals surface area contributed by atoms with E-state index in [-0.39, 0.29) is 0 Å². The molecule has 0 radical (unpaired) electrons. The zero-order chi connectivity index (χ0) is 18.7. The lowest BCUT2D eigenvalue weighted by Crippen LogP contribution is -1.97. The Morgan fingerprint density at radius 2 is 0.962 bits per heavy atom. The molecule has 1 rings (SSSR count). The molecule has 0 N–H and O–H groups in total. The van der Waals surface area contributed by atoms with Crippen LogP contribution in [0, 0.1) is 3.57 Å². The highest BCUT2D eigenvalue weighted by molar-refractivity contribution is 14.1. The Hall–Kier alpha value is -0.250. The third kappa shape index (κ3) is 14.9. The number of benzene rings is 1. The standard InChI is InChI=1S/C24H41IO/c1-2-3-4-5-6-7-8-9-10-11-12-13-14-15-16-17-22-26-24-20-18-23(25)19-21-24/h18-21H,2-17,22H2,1H3. The van der Waals surface area contributed by atoms with Crippen LogP contribution in [0.5, 0.6) is 5.75 Å². The molecular weight excluding hydrogens is 431 g/mol. The number of hydrogen-bond donors (Lipinski definition) is 0. The van der Waals surface area contributed by atoms with Gasteiger partial charge in [-0.25, -0.2) is 0 Å². The lowest BCUT2D eigenvalue weighted by Gasteiger charge is -2.06. The van der Waals surface area contributed by atoms with Gasteiger partial charge in [0.05, 0.1) is 6.61 Å². The van der Waals surface area contributed by atoms with Crippen LogP contribution in [0.4, 0.5) is 0 Å². The molecule has 0 amide bonds. The first-order chi connectivity index (χ1) is 12.8. The predicted octanol–water partition coefficient (Wildman–Crippen LogP) is 8.93. The van der Waals surface area contributed by atoms with Crippen molar-refractivity contribution in [3.05, 3.63) is 27.8 Å². The number of unbranched alkanes of at least 4 members (excludes halogenated alkanes) is 15. The highest BCUT2D eigenvalue weighted by Crippen LogP contribution is 2.15. The van der Waals surface area contributed by atoms with Gasteiger partial charge < -0.3 is 4.74 Å². The summed E-state index contributed by atoms with van der Waals surface area (Å²) in [4.78, 5) is 0. The van der Waals surface area contributed by atoms with Crippen LogP contribution in [0.2, 0.25) is 0 Å². The fourth-order valence-corrected chi connectivity index (χ4v) is 3.73. The van der Waals surface area contributed by atoms with Crippen molar-refractivity contribution in [3.8, 4) is 5.75 Å². The molecule has 0 saturated heterocycles. The SMILES string of the molecule is CCCCCCCCCCCCCCCCCCOc1ccc(I)cc1. The Labute approximate surface area is 176 Å². The molecule has 0 heterocycles. The van der Waals surface area contributed by atoms with Gasteiger partial charge in [0.15, 0.2) is 0 Å². The minimum Gasteiger partial charge on any atom is -0.494 e. The second kappa shape index (κ2) is 18.1. The van der Waals surface area contributed by atoms with Crippen molar-refractivity contribution in [1.29, 1.82) is 0 Å². The lowest BCUT2D eigenvalue weighted by molar-refractivity contribution is 0.304. The summed E-state index contributed by atoms with van der Waals surface area (Å²) in [6, 6.07) is 8.33. The third-order valence-corrected chi connectivity index (χ3v) is 5.80. The molecule has 0 unspecified atom stereocenters. The maximum atomic E-state index is 5.78. The van der Waals surface area contributed by atoms with Gasteiger partial charge in [-0.05, 0) is 53.3 Å². The molecular formula is C24H41IO. The van der Waals surface area contributed by atoms with E-state index in [2.05, 4.69) is 53.8 Å². The second-order valence-electron chi connectivity index (χ2n) is 7.61. The molecule has 150 valence electrons. The molecule has 0 aliphatic heterocycles. The van der Waals surface area contributed by atoms with E-state index in [1.165, 1.54) is 106 Å². The highest BCUT2D eigenvalue weighted by atomic mass is 127. The topological polar surface area (TPSA) is 9.23 Å². The van der Waals surface area contributed by atoms with Crippen LogP contribution >= 0.6 is 22.6 Å². The van der Waals surface area contributed by atoms with E-state index in [4.69, 9.17) is 4.74 Å². The Balaban J connectivity index is 1.72. The van der Waals surface area contributed by atoms with Crippen LogP contribution in [0.1, 0.15) is 110 Å². The van der Waals surface area contributed by atoms with Gasteiger partial charge in [0.1, 0.15) is 5.75 Å². The molecule has 0 aliphatic carbocycles.